The Labute approximate surface area is 110 Å². The molecule has 0 unspecified atom stereocenters. The van der Waals surface area contributed by atoms with Gasteiger partial charge in [-0.25, -0.2) is 0 Å². The zero-order chi connectivity index (χ0) is 13.4. The molecule has 0 aliphatic carbocycles. The molecular formula is C13H26N4O. The summed E-state index contributed by atoms with van der Waals surface area (Å²) >= 11 is 0. The van der Waals surface area contributed by atoms with Crippen molar-refractivity contribution in [3.05, 3.63) is 11.9 Å². The Balaban J connectivity index is 2.22. The van der Waals surface area contributed by atoms with Crippen LogP contribution in [0.3, 0.4) is 0 Å². The van der Waals surface area contributed by atoms with E-state index in [4.69, 9.17) is 5.11 Å². The number of hydrogen-bond donors (Lipinski definition) is 2. The fraction of sp³-hybridized carbons (Fsp3) is 0.846. The number of aliphatic hydroxyl groups is 1. The van der Waals surface area contributed by atoms with E-state index in [0.29, 0.717) is 6.61 Å². The molecule has 104 valence electrons. The molecule has 0 aliphatic rings. The lowest BCUT2D eigenvalue weighted by Gasteiger charge is -2.19. The van der Waals surface area contributed by atoms with Crippen LogP contribution in [0.1, 0.15) is 52.1 Å². The molecule has 1 aromatic heterocycles. The predicted octanol–water partition coefficient (Wildman–Crippen LogP) is 1.72. The quantitative estimate of drug-likeness (QED) is 0.693. The zero-order valence-corrected chi connectivity index (χ0v) is 11.8. The fourth-order valence-corrected chi connectivity index (χ4v) is 1.62. The third kappa shape index (κ3) is 6.71. The summed E-state index contributed by atoms with van der Waals surface area (Å²) < 4.78 is 1.90. The maximum atomic E-state index is 8.68. The van der Waals surface area contributed by atoms with Gasteiger partial charge in [-0.3, -0.25) is 4.68 Å². The first-order chi connectivity index (χ1) is 8.51. The minimum atomic E-state index is 0.105. The lowest BCUT2D eigenvalue weighted by molar-refractivity contribution is 0.282. The van der Waals surface area contributed by atoms with Crippen LogP contribution in [0.4, 0.5) is 0 Å². The van der Waals surface area contributed by atoms with Crippen LogP contribution in [0.2, 0.25) is 0 Å². The van der Waals surface area contributed by atoms with Crippen molar-refractivity contribution in [1.82, 2.24) is 20.3 Å². The summed E-state index contributed by atoms with van der Waals surface area (Å²) in [5.74, 6) is 0. The van der Waals surface area contributed by atoms with Gasteiger partial charge in [0.2, 0.25) is 0 Å². The average molecular weight is 254 g/mol. The molecule has 2 N–H and O–H groups in total. The predicted molar refractivity (Wildman–Crippen MR) is 72.2 cm³/mol. The van der Waals surface area contributed by atoms with E-state index in [0.717, 1.165) is 44.5 Å². The van der Waals surface area contributed by atoms with Gasteiger partial charge in [-0.15, -0.1) is 5.10 Å². The number of nitrogens with one attached hydrogen (secondary N) is 1. The summed E-state index contributed by atoms with van der Waals surface area (Å²) in [5.41, 5.74) is 1.09. The van der Waals surface area contributed by atoms with E-state index < -0.39 is 0 Å². The van der Waals surface area contributed by atoms with Crippen LogP contribution in [-0.2, 0) is 13.1 Å². The van der Waals surface area contributed by atoms with Gasteiger partial charge >= 0.3 is 0 Å². The summed E-state index contributed by atoms with van der Waals surface area (Å²) in [5, 5.41) is 20.3. The Morgan fingerprint density at radius 1 is 1.22 bits per heavy atom. The molecule has 1 aromatic rings. The summed E-state index contributed by atoms with van der Waals surface area (Å²) in [6.45, 7) is 8.38. The Morgan fingerprint density at radius 3 is 2.61 bits per heavy atom. The van der Waals surface area contributed by atoms with Gasteiger partial charge in [0.15, 0.2) is 0 Å². The van der Waals surface area contributed by atoms with Gasteiger partial charge in [0.1, 0.15) is 0 Å². The minimum absolute atomic E-state index is 0.105. The molecule has 0 aliphatic heterocycles. The maximum absolute atomic E-state index is 8.68. The van der Waals surface area contributed by atoms with Gasteiger partial charge in [0.25, 0.3) is 0 Å². The molecule has 0 fully saturated rings. The molecule has 1 rings (SSSR count). The molecule has 0 radical (unpaired) electrons. The number of aryl methyl sites for hydroxylation is 1. The second kappa shape index (κ2) is 7.48. The standard InChI is InChI=1S/C13H26N4O/c1-13(2,3)14-10-12-11-17(16-15-12)8-6-4-5-7-9-18/h11,14,18H,4-10H2,1-3H3. The van der Waals surface area contributed by atoms with Gasteiger partial charge in [-0.05, 0) is 33.6 Å². The Kier molecular flexibility index (Phi) is 6.29. The highest BCUT2D eigenvalue weighted by Gasteiger charge is 2.09. The first kappa shape index (κ1) is 15.1. The minimum Gasteiger partial charge on any atom is -0.396 e. The Bertz CT molecular complexity index is 330. The van der Waals surface area contributed by atoms with E-state index >= 15 is 0 Å². The number of hydrogen-bond acceptors (Lipinski definition) is 4. The SMILES string of the molecule is CC(C)(C)NCc1cn(CCCCCCO)nn1. The molecule has 0 atom stereocenters. The first-order valence-electron chi connectivity index (χ1n) is 6.76. The van der Waals surface area contributed by atoms with Gasteiger partial charge in [-0.2, -0.15) is 0 Å². The van der Waals surface area contributed by atoms with Crippen LogP contribution in [-0.4, -0.2) is 32.2 Å². The van der Waals surface area contributed by atoms with E-state index in [1.165, 1.54) is 0 Å². The Hall–Kier alpha value is -0.940. The smallest absolute Gasteiger partial charge is 0.0965 e. The van der Waals surface area contributed by atoms with Crippen molar-refractivity contribution in [2.24, 2.45) is 0 Å². The third-order valence-electron chi connectivity index (χ3n) is 2.68. The highest BCUT2D eigenvalue weighted by molar-refractivity contribution is 4.92. The topological polar surface area (TPSA) is 63.0 Å². The van der Waals surface area contributed by atoms with Crippen LogP contribution in [0.15, 0.2) is 6.20 Å². The van der Waals surface area contributed by atoms with Crippen molar-refractivity contribution in [3.8, 4) is 0 Å². The summed E-state index contributed by atoms with van der Waals surface area (Å²) in [6.07, 6.45) is 6.22. The van der Waals surface area contributed by atoms with Gasteiger partial charge in [0.05, 0.1) is 5.69 Å². The average Bonchev–Trinajstić information content (AvgIpc) is 2.73. The van der Waals surface area contributed by atoms with Crippen LogP contribution in [0.5, 0.6) is 0 Å². The molecule has 0 spiro atoms. The van der Waals surface area contributed by atoms with E-state index in [1.807, 2.05) is 10.9 Å². The number of nitrogens with zero attached hydrogens (tertiary/aromatic N) is 3. The molecule has 0 saturated carbocycles. The molecule has 18 heavy (non-hydrogen) atoms. The van der Waals surface area contributed by atoms with E-state index in [1.54, 1.807) is 0 Å². The van der Waals surface area contributed by atoms with E-state index in [-0.39, 0.29) is 5.54 Å². The molecule has 0 amide bonds. The largest absolute Gasteiger partial charge is 0.396 e. The Morgan fingerprint density at radius 2 is 1.94 bits per heavy atom. The van der Waals surface area contributed by atoms with E-state index in [9.17, 15) is 0 Å². The number of rotatable bonds is 8. The molecule has 0 aromatic carbocycles. The van der Waals surface area contributed by atoms with Crippen molar-refractivity contribution in [1.29, 1.82) is 0 Å². The normalized spacial score (nSPS) is 12.0. The van der Waals surface area contributed by atoms with Crippen LogP contribution >= 0.6 is 0 Å². The molecular weight excluding hydrogens is 228 g/mol. The third-order valence-corrected chi connectivity index (χ3v) is 2.68. The van der Waals surface area contributed by atoms with Crippen molar-refractivity contribution < 1.29 is 5.11 Å². The van der Waals surface area contributed by atoms with Crippen molar-refractivity contribution in [3.63, 3.8) is 0 Å². The summed E-state index contributed by atoms with van der Waals surface area (Å²) in [6, 6.07) is 0. The second-order valence-corrected chi connectivity index (χ2v) is 5.71. The van der Waals surface area contributed by atoms with Crippen molar-refractivity contribution in [2.45, 2.75) is 65.1 Å². The van der Waals surface area contributed by atoms with Crippen LogP contribution in [0, 0.1) is 0 Å². The van der Waals surface area contributed by atoms with Crippen LogP contribution in [0.25, 0.3) is 0 Å². The van der Waals surface area contributed by atoms with Gasteiger partial charge in [0, 0.05) is 31.4 Å². The zero-order valence-electron chi connectivity index (χ0n) is 11.8. The molecule has 5 heteroatoms. The molecule has 0 saturated heterocycles. The number of aliphatic hydroxyl groups excluding tert-OH is 1. The lowest BCUT2D eigenvalue weighted by atomic mass is 10.1. The van der Waals surface area contributed by atoms with Gasteiger partial charge < -0.3 is 10.4 Å². The van der Waals surface area contributed by atoms with Crippen molar-refractivity contribution >= 4 is 0 Å². The molecule has 5 nitrogen and oxygen atoms in total. The first-order valence-corrected chi connectivity index (χ1v) is 6.76. The number of aromatic nitrogens is 3. The lowest BCUT2D eigenvalue weighted by Crippen LogP contribution is -2.35. The molecule has 1 heterocycles. The highest BCUT2D eigenvalue weighted by atomic mass is 16.2. The fourth-order valence-electron chi connectivity index (χ4n) is 1.62. The van der Waals surface area contributed by atoms with Crippen molar-refractivity contribution in [2.75, 3.05) is 6.61 Å². The van der Waals surface area contributed by atoms with Crippen LogP contribution < -0.4 is 5.32 Å². The van der Waals surface area contributed by atoms with Gasteiger partial charge in [-0.1, -0.05) is 18.1 Å². The monoisotopic (exact) mass is 254 g/mol. The summed E-state index contributed by atoms with van der Waals surface area (Å²) in [4.78, 5) is 0. The molecule has 0 bridgehead atoms. The summed E-state index contributed by atoms with van der Waals surface area (Å²) in [7, 11) is 0. The maximum Gasteiger partial charge on any atom is 0.0965 e. The number of unbranched alkanes of at least 4 members (excludes halogenated alkanes) is 3. The highest BCUT2D eigenvalue weighted by Crippen LogP contribution is 2.04. The van der Waals surface area contributed by atoms with E-state index in [2.05, 4.69) is 36.4 Å². The second-order valence-electron chi connectivity index (χ2n) is 5.71.